The molecule has 2 heteroatoms. The Labute approximate surface area is 96.8 Å². The number of hydrogen-bond acceptors (Lipinski definition) is 2. The highest BCUT2D eigenvalue weighted by molar-refractivity contribution is 5.66. The average Bonchev–Trinajstić information content (AvgIpc) is 2.75. The van der Waals surface area contributed by atoms with Crippen molar-refractivity contribution in [2.24, 2.45) is 5.92 Å². The van der Waals surface area contributed by atoms with Crippen LogP contribution in [0, 0.1) is 12.8 Å². The number of nitrogens with zero attached hydrogens (tertiary/aromatic N) is 1. The van der Waals surface area contributed by atoms with E-state index in [0.29, 0.717) is 6.04 Å². The molecule has 0 bridgehead atoms. The van der Waals surface area contributed by atoms with E-state index < -0.39 is 0 Å². The zero-order valence-electron chi connectivity index (χ0n) is 9.74. The van der Waals surface area contributed by atoms with Crippen molar-refractivity contribution >= 4 is 5.57 Å². The Morgan fingerprint density at radius 2 is 2.31 bits per heavy atom. The summed E-state index contributed by atoms with van der Waals surface area (Å²) in [7, 11) is 0. The lowest BCUT2D eigenvalue weighted by atomic mass is 9.83. The van der Waals surface area contributed by atoms with E-state index in [0.717, 1.165) is 5.92 Å². The summed E-state index contributed by atoms with van der Waals surface area (Å²) in [4.78, 5) is 4.28. The molecule has 3 rings (SSSR count). The Hall–Kier alpha value is -1.15. The van der Waals surface area contributed by atoms with E-state index in [2.05, 4.69) is 29.4 Å². The van der Waals surface area contributed by atoms with Gasteiger partial charge < -0.3 is 5.32 Å². The van der Waals surface area contributed by atoms with Crippen molar-refractivity contribution in [3.63, 3.8) is 0 Å². The number of aromatic nitrogens is 1. The van der Waals surface area contributed by atoms with Crippen LogP contribution in [0.25, 0.3) is 5.57 Å². The minimum atomic E-state index is 0.709. The van der Waals surface area contributed by atoms with Crippen molar-refractivity contribution in [1.82, 2.24) is 10.3 Å². The number of fused-ring (bicyclic) bond motifs is 1. The fourth-order valence-corrected chi connectivity index (χ4v) is 2.92. The first-order chi connectivity index (χ1) is 7.83. The van der Waals surface area contributed by atoms with Gasteiger partial charge in [-0.15, -0.1) is 0 Å². The molecule has 1 aromatic rings. The van der Waals surface area contributed by atoms with Crippen LogP contribution < -0.4 is 5.32 Å². The van der Waals surface area contributed by atoms with Gasteiger partial charge in [-0.25, -0.2) is 0 Å². The molecule has 16 heavy (non-hydrogen) atoms. The lowest BCUT2D eigenvalue weighted by molar-refractivity contribution is 0.445. The first-order valence-corrected chi connectivity index (χ1v) is 6.17. The molecule has 2 aliphatic rings. The summed E-state index contributed by atoms with van der Waals surface area (Å²) in [5, 5.41) is 3.61. The summed E-state index contributed by atoms with van der Waals surface area (Å²) in [5.74, 6) is 0.876. The SMILES string of the molecule is Cc1cncc(C2=CC[C@H]3CCN[C@H]3C2)c1. The molecule has 1 N–H and O–H groups in total. The van der Waals surface area contributed by atoms with Gasteiger partial charge in [0.25, 0.3) is 0 Å². The first-order valence-electron chi connectivity index (χ1n) is 6.17. The summed E-state index contributed by atoms with van der Waals surface area (Å²) in [6.45, 7) is 3.30. The molecule has 1 fully saturated rings. The van der Waals surface area contributed by atoms with Crippen molar-refractivity contribution in [3.05, 3.63) is 35.7 Å². The quantitative estimate of drug-likeness (QED) is 0.777. The summed E-state index contributed by atoms with van der Waals surface area (Å²) in [5.41, 5.74) is 4.04. The highest BCUT2D eigenvalue weighted by atomic mass is 15.0. The van der Waals surface area contributed by atoms with Crippen LogP contribution in [0.1, 0.15) is 30.4 Å². The molecule has 2 nitrogen and oxygen atoms in total. The van der Waals surface area contributed by atoms with Crippen LogP contribution >= 0.6 is 0 Å². The second-order valence-electron chi connectivity index (χ2n) is 5.03. The number of rotatable bonds is 1. The Bertz CT molecular complexity index is 422. The van der Waals surface area contributed by atoms with Crippen molar-refractivity contribution in [1.29, 1.82) is 0 Å². The zero-order chi connectivity index (χ0) is 11.0. The molecular weight excluding hydrogens is 196 g/mol. The summed E-state index contributed by atoms with van der Waals surface area (Å²) >= 11 is 0. The van der Waals surface area contributed by atoms with Gasteiger partial charge in [-0.2, -0.15) is 0 Å². The standard InChI is InChI=1S/C14H18N2/c1-10-6-13(9-15-8-10)12-3-2-11-4-5-16-14(11)7-12/h3,6,8-9,11,14,16H,2,4-5,7H2,1H3/t11-,14-/m0/s1. The second-order valence-corrected chi connectivity index (χ2v) is 5.03. The van der Waals surface area contributed by atoms with E-state index in [1.807, 2.05) is 12.4 Å². The molecule has 1 saturated heterocycles. The van der Waals surface area contributed by atoms with Crippen molar-refractivity contribution < 1.29 is 0 Å². The molecule has 0 aromatic carbocycles. The van der Waals surface area contributed by atoms with Crippen LogP contribution in [-0.4, -0.2) is 17.6 Å². The van der Waals surface area contributed by atoms with Crippen LogP contribution in [0.4, 0.5) is 0 Å². The molecular formula is C14H18N2. The van der Waals surface area contributed by atoms with Gasteiger partial charge in [-0.3, -0.25) is 4.98 Å². The van der Waals surface area contributed by atoms with Gasteiger partial charge in [0.1, 0.15) is 0 Å². The summed E-state index contributed by atoms with van der Waals surface area (Å²) in [6.07, 6.45) is 10.1. The number of nitrogens with one attached hydrogen (secondary N) is 1. The second kappa shape index (κ2) is 4.02. The van der Waals surface area contributed by atoms with E-state index in [1.54, 1.807) is 0 Å². The van der Waals surface area contributed by atoms with Gasteiger partial charge in [-0.05, 0) is 61.4 Å². The average molecular weight is 214 g/mol. The number of hydrogen-bond donors (Lipinski definition) is 1. The predicted octanol–water partition coefficient (Wildman–Crippen LogP) is 2.55. The Balaban J connectivity index is 1.85. The molecule has 0 saturated carbocycles. The zero-order valence-corrected chi connectivity index (χ0v) is 9.74. The molecule has 84 valence electrons. The molecule has 1 aliphatic carbocycles. The van der Waals surface area contributed by atoms with Crippen molar-refractivity contribution in [3.8, 4) is 0 Å². The van der Waals surface area contributed by atoms with E-state index in [-0.39, 0.29) is 0 Å². The maximum Gasteiger partial charge on any atom is 0.0343 e. The topological polar surface area (TPSA) is 24.9 Å². The summed E-state index contributed by atoms with van der Waals surface area (Å²) < 4.78 is 0. The van der Waals surface area contributed by atoms with E-state index in [1.165, 1.54) is 42.5 Å². The smallest absolute Gasteiger partial charge is 0.0343 e. The molecule has 0 radical (unpaired) electrons. The highest BCUT2D eigenvalue weighted by Crippen LogP contribution is 2.34. The van der Waals surface area contributed by atoms with Crippen LogP contribution in [0.5, 0.6) is 0 Å². The van der Waals surface area contributed by atoms with E-state index in [4.69, 9.17) is 0 Å². The van der Waals surface area contributed by atoms with Gasteiger partial charge in [0.05, 0.1) is 0 Å². The van der Waals surface area contributed by atoms with Gasteiger partial charge in [0.15, 0.2) is 0 Å². The Kier molecular flexibility index (Phi) is 2.52. The fourth-order valence-electron chi connectivity index (χ4n) is 2.92. The fraction of sp³-hybridized carbons (Fsp3) is 0.500. The van der Waals surface area contributed by atoms with E-state index >= 15 is 0 Å². The highest BCUT2D eigenvalue weighted by Gasteiger charge is 2.29. The largest absolute Gasteiger partial charge is 0.313 e. The minimum Gasteiger partial charge on any atom is -0.313 e. The number of pyridine rings is 1. The molecule has 1 aliphatic heterocycles. The molecule has 2 heterocycles. The van der Waals surface area contributed by atoms with Gasteiger partial charge >= 0.3 is 0 Å². The van der Waals surface area contributed by atoms with Gasteiger partial charge in [0.2, 0.25) is 0 Å². The first kappa shape index (κ1) is 10.0. The van der Waals surface area contributed by atoms with Crippen LogP contribution in [0.15, 0.2) is 24.5 Å². The Morgan fingerprint density at radius 1 is 1.38 bits per heavy atom. The molecule has 0 unspecified atom stereocenters. The lowest BCUT2D eigenvalue weighted by Crippen LogP contribution is -2.29. The molecule has 0 spiro atoms. The third-order valence-electron chi connectivity index (χ3n) is 3.84. The monoisotopic (exact) mass is 214 g/mol. The number of aryl methyl sites for hydroxylation is 1. The third kappa shape index (κ3) is 1.78. The predicted molar refractivity (Wildman–Crippen MR) is 66.1 cm³/mol. The molecule has 0 amide bonds. The van der Waals surface area contributed by atoms with Crippen LogP contribution in [0.3, 0.4) is 0 Å². The lowest BCUT2D eigenvalue weighted by Gasteiger charge is -2.25. The molecule has 1 aromatic heterocycles. The van der Waals surface area contributed by atoms with Crippen molar-refractivity contribution in [2.75, 3.05) is 6.54 Å². The van der Waals surface area contributed by atoms with Gasteiger partial charge in [-0.1, -0.05) is 6.08 Å². The van der Waals surface area contributed by atoms with Crippen LogP contribution in [0.2, 0.25) is 0 Å². The molecule has 2 atom stereocenters. The van der Waals surface area contributed by atoms with Gasteiger partial charge in [0, 0.05) is 18.4 Å². The minimum absolute atomic E-state index is 0.709. The normalized spacial score (nSPS) is 28.7. The maximum atomic E-state index is 4.28. The van der Waals surface area contributed by atoms with Crippen molar-refractivity contribution in [2.45, 2.75) is 32.2 Å². The van der Waals surface area contributed by atoms with E-state index in [9.17, 15) is 0 Å². The third-order valence-corrected chi connectivity index (χ3v) is 3.84. The van der Waals surface area contributed by atoms with Crippen LogP contribution in [-0.2, 0) is 0 Å². The Morgan fingerprint density at radius 3 is 3.19 bits per heavy atom. The number of allylic oxidation sites excluding steroid dienone is 1. The maximum absolute atomic E-state index is 4.28. The summed E-state index contributed by atoms with van der Waals surface area (Å²) in [6, 6.07) is 2.95.